The quantitative estimate of drug-likeness (QED) is 0.770. The summed E-state index contributed by atoms with van der Waals surface area (Å²) in [6.07, 6.45) is 1.04. The minimum atomic E-state index is -0.266. The largest absolute Gasteiger partial charge is 0.369 e. The number of rotatable bonds is 4. The van der Waals surface area contributed by atoms with Gasteiger partial charge in [-0.3, -0.25) is 9.59 Å². The van der Waals surface area contributed by atoms with Crippen LogP contribution in [0.4, 0.5) is 5.69 Å². The number of hydrogen-bond acceptors (Lipinski definition) is 3. The standard InChI is InChI=1S/C20H19N3O2/c24-19-13-16(15-6-2-3-7-17(15)22-19)20(25)21-10-12-23-11-9-14-5-1-4-8-18(14)23/h1-8,13H,9-12H2,(H,21,25)(H,22,24). The highest BCUT2D eigenvalue weighted by Gasteiger charge is 2.18. The molecule has 0 fully saturated rings. The summed E-state index contributed by atoms with van der Waals surface area (Å²) in [6, 6.07) is 17.1. The summed E-state index contributed by atoms with van der Waals surface area (Å²) in [7, 11) is 0. The summed E-state index contributed by atoms with van der Waals surface area (Å²) < 4.78 is 0. The maximum Gasteiger partial charge on any atom is 0.252 e. The molecule has 2 N–H and O–H groups in total. The molecule has 3 aromatic rings. The highest BCUT2D eigenvalue weighted by atomic mass is 16.2. The minimum Gasteiger partial charge on any atom is -0.369 e. The molecule has 0 saturated heterocycles. The van der Waals surface area contributed by atoms with Crippen molar-refractivity contribution >= 4 is 22.5 Å². The lowest BCUT2D eigenvalue weighted by molar-refractivity contribution is 0.0956. The zero-order valence-electron chi connectivity index (χ0n) is 13.8. The third-order valence-electron chi connectivity index (χ3n) is 4.65. The van der Waals surface area contributed by atoms with Crippen molar-refractivity contribution in [2.45, 2.75) is 6.42 Å². The second kappa shape index (κ2) is 6.43. The number of amides is 1. The number of hydrogen-bond donors (Lipinski definition) is 2. The average Bonchev–Trinajstić information content (AvgIpc) is 3.04. The monoisotopic (exact) mass is 333 g/mol. The lowest BCUT2D eigenvalue weighted by atomic mass is 10.1. The van der Waals surface area contributed by atoms with Crippen molar-refractivity contribution in [1.29, 1.82) is 0 Å². The molecule has 1 aliphatic heterocycles. The third-order valence-corrected chi connectivity index (χ3v) is 4.65. The Balaban J connectivity index is 1.46. The van der Waals surface area contributed by atoms with Crippen molar-refractivity contribution in [1.82, 2.24) is 10.3 Å². The molecule has 5 heteroatoms. The maximum atomic E-state index is 12.5. The molecule has 0 radical (unpaired) electrons. The first kappa shape index (κ1) is 15.4. The van der Waals surface area contributed by atoms with Crippen LogP contribution in [0.25, 0.3) is 10.9 Å². The molecule has 0 unspecified atom stereocenters. The SMILES string of the molecule is O=C(NCCN1CCc2ccccc21)c1cc(=O)[nH]c2ccccc12. The first-order valence-electron chi connectivity index (χ1n) is 8.45. The molecule has 1 amide bonds. The molecule has 5 nitrogen and oxygen atoms in total. The van der Waals surface area contributed by atoms with Crippen LogP contribution in [0.3, 0.4) is 0 Å². The number of H-pyrrole nitrogens is 1. The van der Waals surface area contributed by atoms with Gasteiger partial charge in [0.2, 0.25) is 5.56 Å². The van der Waals surface area contributed by atoms with Crippen molar-refractivity contribution in [3.8, 4) is 0 Å². The van der Waals surface area contributed by atoms with Gasteiger partial charge in [0.1, 0.15) is 0 Å². The van der Waals surface area contributed by atoms with Gasteiger partial charge < -0.3 is 15.2 Å². The first-order valence-corrected chi connectivity index (χ1v) is 8.45. The van der Waals surface area contributed by atoms with Gasteiger partial charge in [-0.15, -0.1) is 0 Å². The van der Waals surface area contributed by atoms with Gasteiger partial charge in [0.25, 0.3) is 5.91 Å². The van der Waals surface area contributed by atoms with Crippen molar-refractivity contribution in [2.24, 2.45) is 0 Å². The Kier molecular flexibility index (Phi) is 3.98. The Morgan fingerprint density at radius 1 is 1.12 bits per heavy atom. The predicted molar refractivity (Wildman–Crippen MR) is 99.3 cm³/mol. The van der Waals surface area contributed by atoms with E-state index in [1.54, 1.807) is 6.07 Å². The summed E-state index contributed by atoms with van der Waals surface area (Å²) >= 11 is 0. The highest BCUT2D eigenvalue weighted by Crippen LogP contribution is 2.26. The van der Waals surface area contributed by atoms with E-state index in [0.29, 0.717) is 17.6 Å². The Morgan fingerprint density at radius 3 is 2.84 bits per heavy atom. The maximum absolute atomic E-state index is 12.5. The van der Waals surface area contributed by atoms with Crippen molar-refractivity contribution in [3.05, 3.63) is 76.1 Å². The summed E-state index contributed by atoms with van der Waals surface area (Å²) in [5.41, 5.74) is 3.43. The van der Waals surface area contributed by atoms with E-state index in [9.17, 15) is 9.59 Å². The molecule has 0 bridgehead atoms. The van der Waals surface area contributed by atoms with Crippen LogP contribution in [0, 0.1) is 0 Å². The third kappa shape index (κ3) is 3.01. The number of pyridine rings is 1. The summed E-state index contributed by atoms with van der Waals surface area (Å²) in [5, 5.41) is 3.70. The molecule has 2 aromatic carbocycles. The zero-order valence-corrected chi connectivity index (χ0v) is 13.8. The number of benzene rings is 2. The molecule has 25 heavy (non-hydrogen) atoms. The number of aromatic nitrogens is 1. The van der Waals surface area contributed by atoms with Crippen LogP contribution >= 0.6 is 0 Å². The number of para-hydroxylation sites is 2. The smallest absolute Gasteiger partial charge is 0.252 e. The van der Waals surface area contributed by atoms with Gasteiger partial charge in [-0.05, 0) is 24.1 Å². The Bertz CT molecular complexity index is 993. The number of fused-ring (bicyclic) bond motifs is 2. The number of carbonyl (C=O) groups excluding carboxylic acids is 1. The van der Waals surface area contributed by atoms with E-state index >= 15 is 0 Å². The van der Waals surface area contributed by atoms with Gasteiger partial charge >= 0.3 is 0 Å². The Morgan fingerprint density at radius 2 is 1.92 bits per heavy atom. The van der Waals surface area contributed by atoms with Gasteiger partial charge in [0.15, 0.2) is 0 Å². The second-order valence-electron chi connectivity index (χ2n) is 6.21. The second-order valence-corrected chi connectivity index (χ2v) is 6.21. The number of carbonyl (C=O) groups is 1. The van der Waals surface area contributed by atoms with Crippen LogP contribution in [0.2, 0.25) is 0 Å². The van der Waals surface area contributed by atoms with E-state index in [-0.39, 0.29) is 11.5 Å². The van der Waals surface area contributed by atoms with E-state index in [0.717, 1.165) is 24.9 Å². The van der Waals surface area contributed by atoms with Crippen molar-refractivity contribution in [2.75, 3.05) is 24.5 Å². The molecule has 2 heterocycles. The molecule has 126 valence electrons. The molecule has 0 spiro atoms. The van der Waals surface area contributed by atoms with Crippen LogP contribution in [-0.2, 0) is 6.42 Å². The molecular weight excluding hydrogens is 314 g/mol. The van der Waals surface area contributed by atoms with Crippen LogP contribution < -0.4 is 15.8 Å². The van der Waals surface area contributed by atoms with Gasteiger partial charge in [-0.25, -0.2) is 0 Å². The fraction of sp³-hybridized carbons (Fsp3) is 0.200. The fourth-order valence-corrected chi connectivity index (χ4v) is 3.43. The molecule has 0 saturated carbocycles. The number of nitrogens with zero attached hydrogens (tertiary/aromatic N) is 1. The van der Waals surface area contributed by atoms with Gasteiger partial charge in [-0.1, -0.05) is 36.4 Å². The Labute approximate surface area is 145 Å². The van der Waals surface area contributed by atoms with Crippen LogP contribution in [0.15, 0.2) is 59.4 Å². The molecule has 4 rings (SSSR count). The highest BCUT2D eigenvalue weighted by molar-refractivity contribution is 6.05. The van der Waals surface area contributed by atoms with E-state index in [1.807, 2.05) is 24.3 Å². The summed E-state index contributed by atoms with van der Waals surface area (Å²) in [5.74, 6) is -0.213. The fourth-order valence-electron chi connectivity index (χ4n) is 3.43. The van der Waals surface area contributed by atoms with Crippen LogP contribution in [0.1, 0.15) is 15.9 Å². The number of nitrogens with one attached hydrogen (secondary N) is 2. The van der Waals surface area contributed by atoms with E-state index in [1.165, 1.54) is 17.3 Å². The lowest BCUT2D eigenvalue weighted by Gasteiger charge is -2.19. The van der Waals surface area contributed by atoms with Crippen LogP contribution in [0.5, 0.6) is 0 Å². The zero-order chi connectivity index (χ0) is 17.2. The normalized spacial score (nSPS) is 13.0. The molecule has 1 aromatic heterocycles. The van der Waals surface area contributed by atoms with Gasteiger partial charge in [0.05, 0.1) is 5.56 Å². The van der Waals surface area contributed by atoms with E-state index in [2.05, 4.69) is 33.4 Å². The molecule has 0 atom stereocenters. The van der Waals surface area contributed by atoms with Crippen molar-refractivity contribution in [3.63, 3.8) is 0 Å². The number of aromatic amines is 1. The summed E-state index contributed by atoms with van der Waals surface area (Å²) in [6.45, 7) is 2.27. The lowest BCUT2D eigenvalue weighted by Crippen LogP contribution is -2.34. The van der Waals surface area contributed by atoms with Crippen molar-refractivity contribution < 1.29 is 4.79 Å². The molecule has 0 aliphatic carbocycles. The Hall–Kier alpha value is -3.08. The molecular formula is C20H19N3O2. The number of anilines is 1. The summed E-state index contributed by atoms with van der Waals surface area (Å²) in [4.78, 5) is 29.4. The van der Waals surface area contributed by atoms with Gasteiger partial charge in [0, 0.05) is 42.3 Å². The van der Waals surface area contributed by atoms with E-state index in [4.69, 9.17) is 0 Å². The molecule has 1 aliphatic rings. The predicted octanol–water partition coefficient (Wildman–Crippen LogP) is 2.32. The van der Waals surface area contributed by atoms with E-state index < -0.39 is 0 Å². The van der Waals surface area contributed by atoms with Crippen LogP contribution in [-0.4, -0.2) is 30.5 Å². The minimum absolute atomic E-state index is 0.213. The first-order chi connectivity index (χ1) is 12.2. The van der Waals surface area contributed by atoms with Gasteiger partial charge in [-0.2, -0.15) is 0 Å². The topological polar surface area (TPSA) is 65.2 Å². The average molecular weight is 333 g/mol.